The summed E-state index contributed by atoms with van der Waals surface area (Å²) in [5.41, 5.74) is 1.63. The molecule has 6 nitrogen and oxygen atoms in total. The lowest BCUT2D eigenvalue weighted by Crippen LogP contribution is -2.48. The molecule has 2 aliphatic heterocycles. The van der Waals surface area contributed by atoms with Gasteiger partial charge in [-0.25, -0.2) is 4.98 Å². The Morgan fingerprint density at radius 2 is 1.97 bits per heavy atom. The summed E-state index contributed by atoms with van der Waals surface area (Å²) in [6.45, 7) is 0.686. The van der Waals surface area contributed by atoms with E-state index in [0.29, 0.717) is 18.0 Å². The van der Waals surface area contributed by atoms with Crippen molar-refractivity contribution < 1.29 is 14.3 Å². The molecule has 2 amide bonds. The Morgan fingerprint density at radius 3 is 2.86 bits per heavy atom. The zero-order valence-electron chi connectivity index (χ0n) is 15.9. The minimum Gasteiger partial charge on any atom is -0.482 e. The molecule has 1 fully saturated rings. The van der Waals surface area contributed by atoms with Crippen LogP contribution in [0.4, 0.5) is 5.69 Å². The van der Waals surface area contributed by atoms with Crippen LogP contribution in [0.25, 0.3) is 10.2 Å². The summed E-state index contributed by atoms with van der Waals surface area (Å²) in [5.74, 6) is 0.408. The van der Waals surface area contributed by atoms with Crippen LogP contribution in [0.1, 0.15) is 30.3 Å². The number of anilines is 1. The Bertz CT molecular complexity index is 1050. The molecule has 2 aromatic carbocycles. The van der Waals surface area contributed by atoms with Crippen molar-refractivity contribution in [3.8, 4) is 5.75 Å². The molecule has 1 saturated heterocycles. The fraction of sp³-hybridized carbons (Fsp3) is 0.318. The Morgan fingerprint density at radius 1 is 1.14 bits per heavy atom. The van der Waals surface area contributed by atoms with E-state index in [1.165, 1.54) is 0 Å². The third-order valence-corrected chi connectivity index (χ3v) is 6.66. The number of thiazole rings is 1. The van der Waals surface area contributed by atoms with E-state index < -0.39 is 0 Å². The Labute approximate surface area is 172 Å². The predicted molar refractivity (Wildman–Crippen MR) is 112 cm³/mol. The number of aromatic nitrogens is 1. The highest BCUT2D eigenvalue weighted by Crippen LogP contribution is 2.36. The monoisotopic (exact) mass is 407 g/mol. The lowest BCUT2D eigenvalue weighted by Gasteiger charge is -2.37. The van der Waals surface area contributed by atoms with Crippen LogP contribution < -0.4 is 9.64 Å². The molecule has 0 bridgehead atoms. The summed E-state index contributed by atoms with van der Waals surface area (Å²) in [6, 6.07) is 15.4. The number of piperidine rings is 1. The SMILES string of the molecule is O=C1COc2ccccc2N1CC(=O)N1CCCC[C@@H]1c1nc2ccccc2s1. The van der Waals surface area contributed by atoms with E-state index in [-0.39, 0.29) is 31.0 Å². The van der Waals surface area contributed by atoms with Gasteiger partial charge in [0.2, 0.25) is 5.91 Å². The van der Waals surface area contributed by atoms with E-state index in [9.17, 15) is 9.59 Å². The third-order valence-electron chi connectivity index (χ3n) is 5.52. The van der Waals surface area contributed by atoms with Crippen molar-refractivity contribution >= 4 is 39.1 Å². The number of likely N-dealkylation sites (tertiary alicyclic amines) is 1. The van der Waals surface area contributed by atoms with Gasteiger partial charge in [-0.15, -0.1) is 11.3 Å². The van der Waals surface area contributed by atoms with Crippen molar-refractivity contribution in [3.63, 3.8) is 0 Å². The number of benzene rings is 2. The molecule has 7 heteroatoms. The maximum atomic E-state index is 13.3. The quantitative estimate of drug-likeness (QED) is 0.663. The highest BCUT2D eigenvalue weighted by molar-refractivity contribution is 7.18. The second-order valence-electron chi connectivity index (χ2n) is 7.35. The maximum absolute atomic E-state index is 13.3. The van der Waals surface area contributed by atoms with Crippen LogP contribution in [0.15, 0.2) is 48.5 Å². The van der Waals surface area contributed by atoms with Gasteiger partial charge in [0.15, 0.2) is 6.61 Å². The molecule has 3 aromatic rings. The second kappa shape index (κ2) is 7.48. The molecule has 5 rings (SSSR count). The van der Waals surface area contributed by atoms with Crippen molar-refractivity contribution in [2.45, 2.75) is 25.3 Å². The lowest BCUT2D eigenvalue weighted by atomic mass is 10.0. The van der Waals surface area contributed by atoms with E-state index in [1.54, 1.807) is 16.2 Å². The number of ether oxygens (including phenoxy) is 1. The summed E-state index contributed by atoms with van der Waals surface area (Å²) in [5, 5.41) is 0.980. The van der Waals surface area contributed by atoms with Crippen LogP contribution in [0, 0.1) is 0 Å². The second-order valence-corrected chi connectivity index (χ2v) is 8.42. The van der Waals surface area contributed by atoms with E-state index >= 15 is 0 Å². The largest absolute Gasteiger partial charge is 0.482 e. The molecule has 0 saturated carbocycles. The van der Waals surface area contributed by atoms with Gasteiger partial charge in [-0.1, -0.05) is 24.3 Å². The van der Waals surface area contributed by atoms with Crippen LogP contribution in [-0.4, -0.2) is 41.4 Å². The average Bonchev–Trinajstić information content (AvgIpc) is 3.20. The van der Waals surface area contributed by atoms with Crippen LogP contribution in [0.3, 0.4) is 0 Å². The number of amides is 2. The number of carbonyl (C=O) groups is 2. The van der Waals surface area contributed by atoms with Gasteiger partial charge in [0, 0.05) is 6.54 Å². The van der Waals surface area contributed by atoms with Crippen molar-refractivity contribution in [2.75, 3.05) is 24.6 Å². The van der Waals surface area contributed by atoms with Gasteiger partial charge < -0.3 is 9.64 Å². The molecule has 0 unspecified atom stereocenters. The lowest BCUT2D eigenvalue weighted by molar-refractivity contribution is -0.135. The van der Waals surface area contributed by atoms with Crippen molar-refractivity contribution in [3.05, 3.63) is 53.5 Å². The smallest absolute Gasteiger partial charge is 0.265 e. The first-order chi connectivity index (χ1) is 14.2. The Hall–Kier alpha value is -2.93. The first-order valence-corrected chi connectivity index (χ1v) is 10.7. The van der Waals surface area contributed by atoms with Crippen LogP contribution >= 0.6 is 11.3 Å². The van der Waals surface area contributed by atoms with Gasteiger partial charge in [-0.2, -0.15) is 0 Å². The topological polar surface area (TPSA) is 62.7 Å². The fourth-order valence-electron chi connectivity index (χ4n) is 4.07. The number of para-hydroxylation sites is 3. The highest BCUT2D eigenvalue weighted by Gasteiger charge is 2.34. The minimum absolute atomic E-state index is 0.0277. The molecule has 1 atom stereocenters. The number of carbonyl (C=O) groups excluding carboxylic acids is 2. The Kier molecular flexibility index (Phi) is 4.67. The molecule has 0 spiro atoms. The molecular formula is C22H21N3O3S. The van der Waals surface area contributed by atoms with Gasteiger partial charge >= 0.3 is 0 Å². The molecule has 0 radical (unpaired) electrons. The number of nitrogens with zero attached hydrogens (tertiary/aromatic N) is 3. The predicted octanol–water partition coefficient (Wildman–Crippen LogP) is 3.78. The number of hydrogen-bond donors (Lipinski definition) is 0. The van der Waals surface area contributed by atoms with Gasteiger partial charge in [0.1, 0.15) is 17.3 Å². The number of hydrogen-bond acceptors (Lipinski definition) is 5. The number of fused-ring (bicyclic) bond motifs is 2. The van der Waals surface area contributed by atoms with E-state index in [2.05, 4.69) is 6.07 Å². The van der Waals surface area contributed by atoms with Crippen LogP contribution in [0.5, 0.6) is 5.75 Å². The molecule has 0 N–H and O–H groups in total. The maximum Gasteiger partial charge on any atom is 0.265 e. The molecule has 2 aliphatic rings. The van der Waals surface area contributed by atoms with E-state index in [4.69, 9.17) is 9.72 Å². The highest BCUT2D eigenvalue weighted by atomic mass is 32.1. The van der Waals surface area contributed by atoms with E-state index in [0.717, 1.165) is 34.5 Å². The standard InChI is InChI=1S/C22H21N3O3S/c26-20(13-25-16-8-2-3-10-18(16)28-14-21(25)27)24-12-6-5-9-17(24)22-23-15-7-1-4-11-19(15)29-22/h1-4,7-8,10-11,17H,5-6,9,12-14H2/t17-/m1/s1. The first kappa shape index (κ1) is 18.1. The molecule has 1 aromatic heterocycles. The number of rotatable bonds is 3. The summed E-state index contributed by atoms with van der Waals surface area (Å²) >= 11 is 1.65. The zero-order valence-corrected chi connectivity index (χ0v) is 16.7. The minimum atomic E-state index is -0.189. The molecular weight excluding hydrogens is 386 g/mol. The van der Waals surface area contributed by atoms with Crippen molar-refractivity contribution in [1.82, 2.24) is 9.88 Å². The first-order valence-electron chi connectivity index (χ1n) is 9.88. The zero-order chi connectivity index (χ0) is 19.8. The average molecular weight is 407 g/mol. The third kappa shape index (κ3) is 3.35. The summed E-state index contributed by atoms with van der Waals surface area (Å²) in [7, 11) is 0. The van der Waals surface area contributed by atoms with Gasteiger partial charge in [0.05, 0.1) is 21.9 Å². The normalized spacial score (nSPS) is 19.2. The van der Waals surface area contributed by atoms with Gasteiger partial charge in [-0.05, 0) is 43.5 Å². The molecule has 0 aliphatic carbocycles. The fourth-order valence-corrected chi connectivity index (χ4v) is 5.19. The van der Waals surface area contributed by atoms with Crippen LogP contribution in [0.2, 0.25) is 0 Å². The van der Waals surface area contributed by atoms with Gasteiger partial charge in [-0.3, -0.25) is 14.5 Å². The summed E-state index contributed by atoms with van der Waals surface area (Å²) in [4.78, 5) is 34.0. The van der Waals surface area contributed by atoms with Gasteiger partial charge in [0.25, 0.3) is 5.91 Å². The molecule has 29 heavy (non-hydrogen) atoms. The van der Waals surface area contributed by atoms with Crippen molar-refractivity contribution in [1.29, 1.82) is 0 Å². The van der Waals surface area contributed by atoms with Crippen LogP contribution in [-0.2, 0) is 9.59 Å². The van der Waals surface area contributed by atoms with Crippen molar-refractivity contribution in [2.24, 2.45) is 0 Å². The summed E-state index contributed by atoms with van der Waals surface area (Å²) in [6.07, 6.45) is 2.95. The molecule has 3 heterocycles. The molecule has 148 valence electrons. The summed E-state index contributed by atoms with van der Waals surface area (Å²) < 4.78 is 6.63. The van der Waals surface area contributed by atoms with E-state index in [1.807, 2.05) is 47.4 Å². The Balaban J connectivity index is 1.41.